The number of carbonyl (C=O) groups excluding carboxylic acids is 1. The van der Waals surface area contributed by atoms with Gasteiger partial charge in [-0.15, -0.1) is 0 Å². The van der Waals surface area contributed by atoms with E-state index in [1.807, 2.05) is 0 Å². The number of halogens is 1. The number of ether oxygens (including phenoxy) is 1. The van der Waals surface area contributed by atoms with Gasteiger partial charge in [-0.3, -0.25) is 19.1 Å². The number of hydrogen-bond acceptors (Lipinski definition) is 8. The molecule has 2 rings (SSSR count). The van der Waals surface area contributed by atoms with Crippen LogP contribution in [-0.2, 0) is 9.53 Å². The molecular formula is C14H20FN3O7. The van der Waals surface area contributed by atoms with Crippen molar-refractivity contribution in [3.63, 3.8) is 0 Å². The lowest BCUT2D eigenvalue weighted by Gasteiger charge is -2.24. The van der Waals surface area contributed by atoms with Gasteiger partial charge in [-0.05, 0) is 5.92 Å². The zero-order chi connectivity index (χ0) is 19.0. The molecule has 6 N–H and O–H groups in total. The van der Waals surface area contributed by atoms with Crippen LogP contribution in [0.5, 0.6) is 0 Å². The lowest BCUT2D eigenvalue weighted by molar-refractivity contribution is -0.143. The van der Waals surface area contributed by atoms with Crippen LogP contribution in [0.4, 0.5) is 4.39 Å². The number of aromatic amines is 1. The van der Waals surface area contributed by atoms with Crippen molar-refractivity contribution < 1.29 is 29.2 Å². The van der Waals surface area contributed by atoms with Crippen molar-refractivity contribution in [2.24, 2.45) is 11.7 Å². The van der Waals surface area contributed by atoms with Gasteiger partial charge in [0.1, 0.15) is 24.4 Å². The molecule has 1 fully saturated rings. The Labute approximate surface area is 140 Å². The van der Waals surface area contributed by atoms with E-state index in [4.69, 9.17) is 10.5 Å². The van der Waals surface area contributed by atoms with Gasteiger partial charge in [-0.1, -0.05) is 13.8 Å². The maximum atomic E-state index is 13.4. The topological polar surface area (TPSA) is 168 Å². The molecular weight excluding hydrogens is 341 g/mol. The number of H-pyrrole nitrogens is 1. The highest BCUT2D eigenvalue weighted by Crippen LogP contribution is 2.30. The van der Waals surface area contributed by atoms with Crippen LogP contribution in [-0.4, -0.2) is 61.1 Å². The van der Waals surface area contributed by atoms with Crippen LogP contribution in [0.1, 0.15) is 20.1 Å². The minimum atomic E-state index is -1.87. The Hall–Kier alpha value is -1.92. The van der Waals surface area contributed by atoms with E-state index in [1.54, 1.807) is 18.8 Å². The second-order valence-electron chi connectivity index (χ2n) is 6.23. The van der Waals surface area contributed by atoms with E-state index in [0.29, 0.717) is 10.8 Å². The fourth-order valence-electron chi connectivity index (χ4n) is 2.51. The molecule has 1 aliphatic rings. The third-order valence-electron chi connectivity index (χ3n) is 4.12. The third-order valence-corrected chi connectivity index (χ3v) is 4.12. The van der Waals surface area contributed by atoms with Crippen LogP contribution >= 0.6 is 0 Å². The first kappa shape index (κ1) is 19.4. The van der Waals surface area contributed by atoms with Gasteiger partial charge in [-0.2, -0.15) is 4.39 Å². The molecule has 1 aliphatic heterocycles. The monoisotopic (exact) mass is 361 g/mol. The van der Waals surface area contributed by atoms with E-state index >= 15 is 0 Å². The Bertz CT molecular complexity index is 762. The van der Waals surface area contributed by atoms with Crippen molar-refractivity contribution in [1.82, 2.24) is 9.55 Å². The highest BCUT2D eigenvalue weighted by atomic mass is 19.1. The number of nitrogens with two attached hydrogens (primary N) is 1. The van der Waals surface area contributed by atoms with Gasteiger partial charge in [0.25, 0.3) is 5.56 Å². The van der Waals surface area contributed by atoms with Gasteiger partial charge in [-0.25, -0.2) is 4.79 Å². The first-order valence-corrected chi connectivity index (χ1v) is 7.56. The van der Waals surface area contributed by atoms with E-state index in [9.17, 15) is 34.1 Å². The van der Waals surface area contributed by atoms with Gasteiger partial charge in [0.15, 0.2) is 12.0 Å². The summed E-state index contributed by atoms with van der Waals surface area (Å²) in [5.74, 6) is -2.42. The van der Waals surface area contributed by atoms with Gasteiger partial charge in [0.05, 0.1) is 12.2 Å². The molecule has 0 radical (unpaired) electrons. The van der Waals surface area contributed by atoms with Gasteiger partial charge >= 0.3 is 5.69 Å². The summed E-state index contributed by atoms with van der Waals surface area (Å²) in [6.45, 7) is 3.31. The fraction of sp³-hybridized carbons (Fsp3) is 0.643. The zero-order valence-corrected chi connectivity index (χ0v) is 13.5. The predicted molar refractivity (Wildman–Crippen MR) is 81.0 cm³/mol. The molecule has 0 bridgehead atoms. The number of aliphatic hydroxyl groups is 3. The molecule has 1 aromatic heterocycles. The van der Waals surface area contributed by atoms with Crippen LogP contribution in [0.15, 0.2) is 15.8 Å². The zero-order valence-electron chi connectivity index (χ0n) is 13.5. The highest BCUT2D eigenvalue weighted by Gasteiger charge is 2.49. The highest BCUT2D eigenvalue weighted by molar-refractivity contribution is 5.88. The van der Waals surface area contributed by atoms with Crippen LogP contribution in [0.2, 0.25) is 0 Å². The maximum Gasteiger partial charge on any atom is 0.330 e. The van der Waals surface area contributed by atoms with Crippen LogP contribution in [0, 0.1) is 11.7 Å². The SMILES string of the molecule is CC(C)[C@H](N)C(=O)C(O)[C@H]1O[C@@H](n2cc(F)c(=O)[nH]c2=O)[C@H](O)[C@@H]1O. The molecule has 0 spiro atoms. The average Bonchev–Trinajstić information content (AvgIpc) is 2.84. The summed E-state index contributed by atoms with van der Waals surface area (Å²) in [6, 6.07) is -1.03. The lowest BCUT2D eigenvalue weighted by atomic mass is 9.93. The number of nitrogens with one attached hydrogen (secondary N) is 1. The second kappa shape index (κ2) is 7.14. The Morgan fingerprint density at radius 3 is 2.52 bits per heavy atom. The average molecular weight is 361 g/mol. The smallest absolute Gasteiger partial charge is 0.330 e. The minimum absolute atomic E-state index is 0.294. The van der Waals surface area contributed by atoms with Gasteiger partial charge in [0.2, 0.25) is 5.82 Å². The molecule has 0 saturated carbocycles. The van der Waals surface area contributed by atoms with Crippen molar-refractivity contribution >= 4 is 5.78 Å². The number of ketones is 1. The molecule has 1 unspecified atom stereocenters. The van der Waals surface area contributed by atoms with Crippen molar-refractivity contribution in [2.75, 3.05) is 0 Å². The summed E-state index contributed by atoms with van der Waals surface area (Å²) in [4.78, 5) is 36.6. The predicted octanol–water partition coefficient (Wildman–Crippen LogP) is -2.79. The Morgan fingerprint density at radius 2 is 1.96 bits per heavy atom. The molecule has 25 heavy (non-hydrogen) atoms. The van der Waals surface area contributed by atoms with E-state index < -0.39 is 59.5 Å². The van der Waals surface area contributed by atoms with Crippen LogP contribution < -0.4 is 17.0 Å². The maximum absolute atomic E-state index is 13.4. The summed E-state index contributed by atoms with van der Waals surface area (Å²) >= 11 is 0. The van der Waals surface area contributed by atoms with Crippen LogP contribution in [0.3, 0.4) is 0 Å². The molecule has 0 aliphatic carbocycles. The first-order valence-electron chi connectivity index (χ1n) is 7.56. The van der Waals surface area contributed by atoms with Gasteiger partial charge < -0.3 is 25.8 Å². The molecule has 1 saturated heterocycles. The molecule has 2 heterocycles. The number of rotatable bonds is 5. The number of aliphatic hydroxyl groups excluding tert-OH is 3. The van der Waals surface area contributed by atoms with E-state index in [0.717, 1.165) is 0 Å². The standard InChI is InChI=1S/C14H20FN3O7/c1-4(2)6(16)7(19)8(20)11-9(21)10(22)13(25-11)18-3-5(15)12(23)17-14(18)24/h3-4,6,8-11,13,20-22H,16H2,1-2H3,(H,17,23,24)/t6-,8?,9-,10+,11+,13+/m0/s1. The molecule has 11 heteroatoms. The number of carbonyl (C=O) groups is 1. The molecule has 0 aromatic carbocycles. The third kappa shape index (κ3) is 3.55. The number of Topliss-reactive ketones (excluding diaryl/α,β-unsaturated/α-hetero) is 1. The molecule has 140 valence electrons. The Kier molecular flexibility index (Phi) is 5.54. The minimum Gasteiger partial charge on any atom is -0.387 e. The second-order valence-corrected chi connectivity index (χ2v) is 6.23. The normalized spacial score (nSPS) is 29.0. The summed E-state index contributed by atoms with van der Waals surface area (Å²) in [5, 5.41) is 30.2. The van der Waals surface area contributed by atoms with E-state index in [2.05, 4.69) is 0 Å². The lowest BCUT2D eigenvalue weighted by Crippen LogP contribution is -2.50. The van der Waals surface area contributed by atoms with E-state index in [1.165, 1.54) is 0 Å². The quantitative estimate of drug-likeness (QED) is 0.375. The van der Waals surface area contributed by atoms with Crippen molar-refractivity contribution in [2.45, 2.75) is 50.5 Å². The van der Waals surface area contributed by atoms with E-state index in [-0.39, 0.29) is 5.92 Å². The number of aromatic nitrogens is 2. The van der Waals surface area contributed by atoms with Crippen molar-refractivity contribution in [3.05, 3.63) is 32.9 Å². The van der Waals surface area contributed by atoms with Crippen molar-refractivity contribution in [3.8, 4) is 0 Å². The molecule has 0 amide bonds. The molecule has 10 nitrogen and oxygen atoms in total. The number of nitrogens with zero attached hydrogens (tertiary/aromatic N) is 1. The Morgan fingerprint density at radius 1 is 1.36 bits per heavy atom. The van der Waals surface area contributed by atoms with Crippen LogP contribution in [0.25, 0.3) is 0 Å². The largest absolute Gasteiger partial charge is 0.387 e. The summed E-state index contributed by atoms with van der Waals surface area (Å²) in [7, 11) is 0. The summed E-state index contributed by atoms with van der Waals surface area (Å²) < 4.78 is 19.1. The van der Waals surface area contributed by atoms with Gasteiger partial charge in [0, 0.05) is 0 Å². The summed E-state index contributed by atoms with van der Waals surface area (Å²) in [6.07, 6.45) is -8.07. The Balaban J connectivity index is 2.30. The fourth-order valence-corrected chi connectivity index (χ4v) is 2.51. The molecule has 1 aromatic rings. The molecule has 6 atom stereocenters. The van der Waals surface area contributed by atoms with Crippen molar-refractivity contribution in [1.29, 1.82) is 0 Å². The summed E-state index contributed by atoms with van der Waals surface area (Å²) in [5.41, 5.74) is 3.31. The first-order chi connectivity index (χ1) is 11.6. The number of hydrogen-bond donors (Lipinski definition) is 5.